The Hall–Kier alpha value is -2.81. The third-order valence-electron chi connectivity index (χ3n) is 3.51. The van der Waals surface area contributed by atoms with Crippen LogP contribution in [-0.2, 0) is 22.5 Å². The van der Waals surface area contributed by atoms with Gasteiger partial charge in [-0.2, -0.15) is 4.98 Å². The molecule has 3 heterocycles. The van der Waals surface area contributed by atoms with Crippen LogP contribution in [0, 0.1) is 0 Å². The van der Waals surface area contributed by atoms with Gasteiger partial charge < -0.3 is 19.5 Å². The van der Waals surface area contributed by atoms with Crippen molar-refractivity contribution in [3.63, 3.8) is 0 Å². The van der Waals surface area contributed by atoms with Crippen molar-refractivity contribution < 1.29 is 18.8 Å². The largest absolute Gasteiger partial charge is 0.378 e. The highest BCUT2D eigenvalue weighted by molar-refractivity contribution is 5.89. The fraction of sp³-hybridized carbons (Fsp3) is 0.400. The van der Waals surface area contributed by atoms with Crippen LogP contribution >= 0.6 is 0 Å². The van der Waals surface area contributed by atoms with Crippen LogP contribution in [0.25, 0.3) is 0 Å². The van der Waals surface area contributed by atoms with Gasteiger partial charge in [-0.15, -0.1) is 0 Å². The van der Waals surface area contributed by atoms with E-state index in [1.54, 1.807) is 23.4 Å². The van der Waals surface area contributed by atoms with Gasteiger partial charge in [0.1, 0.15) is 0 Å². The molecule has 0 saturated carbocycles. The molecule has 9 heteroatoms. The van der Waals surface area contributed by atoms with Crippen LogP contribution < -0.4 is 5.32 Å². The lowest BCUT2D eigenvalue weighted by molar-refractivity contribution is -0.134. The first-order valence-electron chi connectivity index (χ1n) is 7.57. The molecule has 0 aliphatic carbocycles. The Morgan fingerprint density at radius 1 is 1.29 bits per heavy atom. The molecule has 3 rings (SSSR count). The number of morpholine rings is 1. The summed E-state index contributed by atoms with van der Waals surface area (Å²) in [6.45, 7) is 2.46. The van der Waals surface area contributed by atoms with Gasteiger partial charge in [0.05, 0.1) is 19.6 Å². The Balaban J connectivity index is 1.52. The molecule has 0 unspecified atom stereocenters. The predicted molar refractivity (Wildman–Crippen MR) is 80.8 cm³/mol. The highest BCUT2D eigenvalue weighted by Gasteiger charge is 2.21. The average Bonchev–Trinajstić information content (AvgIpc) is 3.10. The molecule has 1 aliphatic rings. The van der Waals surface area contributed by atoms with Gasteiger partial charge in [-0.05, 0) is 11.6 Å². The second kappa shape index (κ2) is 7.64. The van der Waals surface area contributed by atoms with Crippen molar-refractivity contribution >= 4 is 11.8 Å². The molecule has 24 heavy (non-hydrogen) atoms. The van der Waals surface area contributed by atoms with Gasteiger partial charge in [0.2, 0.25) is 5.91 Å². The van der Waals surface area contributed by atoms with Crippen molar-refractivity contribution in [2.45, 2.75) is 13.0 Å². The van der Waals surface area contributed by atoms with Crippen LogP contribution in [-0.4, -0.2) is 58.1 Å². The molecule has 2 amide bonds. The van der Waals surface area contributed by atoms with Crippen LogP contribution in [0.15, 0.2) is 29.0 Å². The lowest BCUT2D eigenvalue weighted by Gasteiger charge is -2.26. The quantitative estimate of drug-likeness (QED) is 0.807. The summed E-state index contributed by atoms with van der Waals surface area (Å²) in [6, 6.07) is 3.62. The zero-order valence-corrected chi connectivity index (χ0v) is 13.0. The molecule has 2 aromatic rings. The summed E-state index contributed by atoms with van der Waals surface area (Å²) >= 11 is 0. The van der Waals surface area contributed by atoms with Crippen molar-refractivity contribution in [3.05, 3.63) is 41.8 Å². The summed E-state index contributed by atoms with van der Waals surface area (Å²) in [5.41, 5.74) is 0.855. The van der Waals surface area contributed by atoms with Crippen LogP contribution in [0.4, 0.5) is 0 Å². The molecule has 0 bridgehead atoms. The SMILES string of the molecule is O=C(NCc1cccnc1)c1nc(CC(=O)N2CCOCC2)no1. The Kier molecular flexibility index (Phi) is 5.12. The lowest BCUT2D eigenvalue weighted by atomic mass is 10.3. The molecule has 2 aromatic heterocycles. The van der Waals surface area contributed by atoms with E-state index in [0.717, 1.165) is 5.56 Å². The van der Waals surface area contributed by atoms with Crippen molar-refractivity contribution in [2.75, 3.05) is 26.3 Å². The molecular formula is C15H17N5O4. The number of hydrogen-bond donors (Lipinski definition) is 1. The average molecular weight is 331 g/mol. The first kappa shape index (κ1) is 16.1. The summed E-state index contributed by atoms with van der Waals surface area (Å²) in [6.07, 6.45) is 3.31. The number of hydrogen-bond acceptors (Lipinski definition) is 7. The topological polar surface area (TPSA) is 110 Å². The van der Waals surface area contributed by atoms with E-state index >= 15 is 0 Å². The molecular weight excluding hydrogens is 314 g/mol. The number of nitrogens with one attached hydrogen (secondary N) is 1. The van der Waals surface area contributed by atoms with E-state index < -0.39 is 5.91 Å². The number of carbonyl (C=O) groups is 2. The number of carbonyl (C=O) groups excluding carboxylic acids is 2. The minimum absolute atomic E-state index is 0.000610. The summed E-state index contributed by atoms with van der Waals surface area (Å²) in [4.78, 5) is 33.7. The monoisotopic (exact) mass is 331 g/mol. The molecule has 1 aliphatic heterocycles. The minimum atomic E-state index is -0.489. The fourth-order valence-corrected chi connectivity index (χ4v) is 2.24. The Morgan fingerprint density at radius 2 is 2.12 bits per heavy atom. The molecule has 1 saturated heterocycles. The molecule has 0 spiro atoms. The van der Waals surface area contributed by atoms with Crippen LogP contribution in [0.2, 0.25) is 0 Å². The molecule has 126 valence electrons. The predicted octanol–water partition coefficient (Wildman–Crippen LogP) is -0.204. The standard InChI is InChI=1S/C15H17N5O4/c21-13(20-4-6-23-7-5-20)8-12-18-15(24-19-12)14(22)17-10-11-2-1-3-16-9-11/h1-3,9H,4-8,10H2,(H,17,22). The summed E-state index contributed by atoms with van der Waals surface area (Å²) < 4.78 is 10.1. The summed E-state index contributed by atoms with van der Waals surface area (Å²) in [5.74, 6) is -0.570. The van der Waals surface area contributed by atoms with E-state index in [1.807, 2.05) is 6.07 Å². The lowest BCUT2D eigenvalue weighted by Crippen LogP contribution is -2.41. The van der Waals surface area contributed by atoms with Crippen LogP contribution in [0.1, 0.15) is 22.1 Å². The number of rotatable bonds is 5. The first-order valence-corrected chi connectivity index (χ1v) is 7.57. The van der Waals surface area contributed by atoms with Crippen molar-refractivity contribution in [1.29, 1.82) is 0 Å². The van der Waals surface area contributed by atoms with Gasteiger partial charge in [-0.25, -0.2) is 0 Å². The normalized spacial score (nSPS) is 14.4. The van der Waals surface area contributed by atoms with Gasteiger partial charge in [0.25, 0.3) is 0 Å². The van der Waals surface area contributed by atoms with Crippen molar-refractivity contribution in [3.8, 4) is 0 Å². The van der Waals surface area contributed by atoms with E-state index in [9.17, 15) is 9.59 Å². The van der Waals surface area contributed by atoms with Crippen molar-refractivity contribution in [2.24, 2.45) is 0 Å². The van der Waals surface area contributed by atoms with E-state index in [2.05, 4.69) is 20.4 Å². The highest BCUT2D eigenvalue weighted by atomic mass is 16.5. The molecule has 1 N–H and O–H groups in total. The molecule has 0 aromatic carbocycles. The number of nitrogens with zero attached hydrogens (tertiary/aromatic N) is 4. The maximum atomic E-state index is 12.1. The third-order valence-corrected chi connectivity index (χ3v) is 3.51. The zero-order valence-electron chi connectivity index (χ0n) is 13.0. The number of ether oxygens (including phenoxy) is 1. The molecule has 0 atom stereocenters. The van der Waals surface area contributed by atoms with E-state index in [4.69, 9.17) is 9.26 Å². The maximum Gasteiger partial charge on any atom is 0.315 e. The third kappa shape index (κ3) is 4.13. The minimum Gasteiger partial charge on any atom is -0.378 e. The van der Waals surface area contributed by atoms with Gasteiger partial charge in [0.15, 0.2) is 5.82 Å². The van der Waals surface area contributed by atoms with E-state index in [0.29, 0.717) is 32.8 Å². The maximum absolute atomic E-state index is 12.1. The van der Waals surface area contributed by atoms with Gasteiger partial charge in [-0.1, -0.05) is 11.2 Å². The number of amides is 2. The zero-order chi connectivity index (χ0) is 16.8. The number of aromatic nitrogens is 3. The Bertz CT molecular complexity index is 697. The van der Waals surface area contributed by atoms with Gasteiger partial charge in [0, 0.05) is 32.0 Å². The van der Waals surface area contributed by atoms with E-state index in [-0.39, 0.29) is 24.0 Å². The molecule has 9 nitrogen and oxygen atoms in total. The fourth-order valence-electron chi connectivity index (χ4n) is 2.24. The van der Waals surface area contributed by atoms with Gasteiger partial charge in [-0.3, -0.25) is 14.6 Å². The molecule has 1 fully saturated rings. The first-order chi connectivity index (χ1) is 11.7. The smallest absolute Gasteiger partial charge is 0.315 e. The van der Waals surface area contributed by atoms with E-state index in [1.165, 1.54) is 0 Å². The summed E-state index contributed by atoms with van der Waals surface area (Å²) in [5, 5.41) is 6.35. The highest BCUT2D eigenvalue weighted by Crippen LogP contribution is 2.04. The van der Waals surface area contributed by atoms with Crippen LogP contribution in [0.5, 0.6) is 0 Å². The Labute approximate surface area is 138 Å². The van der Waals surface area contributed by atoms with Crippen LogP contribution in [0.3, 0.4) is 0 Å². The second-order valence-electron chi connectivity index (χ2n) is 5.23. The Morgan fingerprint density at radius 3 is 2.88 bits per heavy atom. The molecule has 0 radical (unpaired) electrons. The summed E-state index contributed by atoms with van der Waals surface area (Å²) in [7, 11) is 0. The number of pyridine rings is 1. The van der Waals surface area contributed by atoms with Gasteiger partial charge >= 0.3 is 11.8 Å². The second-order valence-corrected chi connectivity index (χ2v) is 5.23. The van der Waals surface area contributed by atoms with Crippen molar-refractivity contribution in [1.82, 2.24) is 25.3 Å².